The van der Waals surface area contributed by atoms with Gasteiger partial charge < -0.3 is 10.2 Å². The van der Waals surface area contributed by atoms with Crippen molar-refractivity contribution in [3.05, 3.63) is 23.9 Å². The second kappa shape index (κ2) is 7.27. The van der Waals surface area contributed by atoms with Crippen LogP contribution in [-0.4, -0.2) is 28.9 Å². The van der Waals surface area contributed by atoms with Gasteiger partial charge in [0.2, 0.25) is 5.91 Å². The number of aromatic nitrogens is 1. The summed E-state index contributed by atoms with van der Waals surface area (Å²) in [6.45, 7) is 6.63. The number of nitrogens with zero attached hydrogens (tertiary/aromatic N) is 2. The molecule has 1 aliphatic rings. The molecule has 1 aliphatic heterocycles. The number of amides is 1. The van der Waals surface area contributed by atoms with E-state index in [1.807, 2.05) is 23.1 Å². The normalized spacial score (nSPS) is 19.8. The number of anilines is 1. The molecule has 2 rings (SSSR count). The van der Waals surface area contributed by atoms with Crippen LogP contribution in [0.4, 0.5) is 5.82 Å². The molecule has 4 nitrogen and oxygen atoms in total. The number of likely N-dealkylation sites (tertiary alicyclic amines) is 1. The molecule has 0 saturated carbocycles. The molecule has 0 bridgehead atoms. The molecule has 20 heavy (non-hydrogen) atoms. The molecule has 0 spiro atoms. The third-order valence-corrected chi connectivity index (χ3v) is 4.02. The monoisotopic (exact) mass is 275 g/mol. The fraction of sp³-hybridized carbons (Fsp3) is 0.625. The van der Waals surface area contributed by atoms with E-state index in [0.717, 1.165) is 37.4 Å². The number of carbonyl (C=O) groups is 1. The number of nitrogens with one attached hydrogen (secondary N) is 1. The standard InChI is InChI=1S/C16H25N3O/c1-3-13-8-9-16(20)19(11-10-13)12-14-6-5-7-15(18-14)17-4-2/h5-7,13H,3-4,8-12H2,1-2H3,(H,17,18). The lowest BCUT2D eigenvalue weighted by Gasteiger charge is -2.20. The predicted octanol–water partition coefficient (Wildman–Crippen LogP) is 3.05. The van der Waals surface area contributed by atoms with Gasteiger partial charge in [-0.3, -0.25) is 4.79 Å². The van der Waals surface area contributed by atoms with E-state index in [1.54, 1.807) is 0 Å². The van der Waals surface area contributed by atoms with Crippen molar-refractivity contribution in [2.24, 2.45) is 5.92 Å². The average molecular weight is 275 g/mol. The lowest BCUT2D eigenvalue weighted by Crippen LogP contribution is -2.30. The number of carbonyl (C=O) groups excluding carboxylic acids is 1. The fourth-order valence-electron chi connectivity index (χ4n) is 2.71. The maximum absolute atomic E-state index is 12.2. The maximum atomic E-state index is 12.2. The number of hydrogen-bond acceptors (Lipinski definition) is 3. The highest BCUT2D eigenvalue weighted by atomic mass is 16.2. The first kappa shape index (κ1) is 14.8. The van der Waals surface area contributed by atoms with Crippen LogP contribution in [0.1, 0.15) is 45.2 Å². The Morgan fingerprint density at radius 2 is 2.20 bits per heavy atom. The van der Waals surface area contributed by atoms with Crippen LogP contribution in [0.15, 0.2) is 18.2 Å². The van der Waals surface area contributed by atoms with Gasteiger partial charge >= 0.3 is 0 Å². The molecule has 0 aliphatic carbocycles. The maximum Gasteiger partial charge on any atom is 0.222 e. The van der Waals surface area contributed by atoms with Gasteiger partial charge in [0.05, 0.1) is 12.2 Å². The largest absolute Gasteiger partial charge is 0.370 e. The van der Waals surface area contributed by atoms with E-state index in [4.69, 9.17) is 0 Å². The first-order valence-corrected chi connectivity index (χ1v) is 7.70. The quantitative estimate of drug-likeness (QED) is 0.898. The Labute approximate surface area is 121 Å². The summed E-state index contributed by atoms with van der Waals surface area (Å²) in [6.07, 6.45) is 4.02. The van der Waals surface area contributed by atoms with E-state index in [0.29, 0.717) is 18.9 Å². The molecule has 1 saturated heterocycles. The molecular formula is C16H25N3O. The van der Waals surface area contributed by atoms with Crippen molar-refractivity contribution in [1.82, 2.24) is 9.88 Å². The van der Waals surface area contributed by atoms with Crippen LogP contribution in [0.5, 0.6) is 0 Å². The van der Waals surface area contributed by atoms with Gasteiger partial charge in [0.25, 0.3) is 0 Å². The van der Waals surface area contributed by atoms with Gasteiger partial charge in [0.15, 0.2) is 0 Å². The first-order chi connectivity index (χ1) is 9.72. The van der Waals surface area contributed by atoms with Crippen molar-refractivity contribution in [2.75, 3.05) is 18.4 Å². The molecule has 1 aromatic rings. The summed E-state index contributed by atoms with van der Waals surface area (Å²) in [5.41, 5.74) is 0.965. The Morgan fingerprint density at radius 3 is 2.95 bits per heavy atom. The molecule has 1 amide bonds. The molecule has 0 radical (unpaired) electrons. The summed E-state index contributed by atoms with van der Waals surface area (Å²) in [5, 5.41) is 3.21. The van der Waals surface area contributed by atoms with Gasteiger partial charge in [-0.15, -0.1) is 0 Å². The highest BCUT2D eigenvalue weighted by Crippen LogP contribution is 2.22. The van der Waals surface area contributed by atoms with E-state index in [9.17, 15) is 4.79 Å². The number of hydrogen-bond donors (Lipinski definition) is 1. The molecule has 1 atom stereocenters. The predicted molar refractivity (Wildman–Crippen MR) is 81.4 cm³/mol. The molecule has 2 heterocycles. The number of pyridine rings is 1. The highest BCUT2D eigenvalue weighted by Gasteiger charge is 2.21. The zero-order chi connectivity index (χ0) is 14.4. The van der Waals surface area contributed by atoms with Crippen molar-refractivity contribution in [3.8, 4) is 0 Å². The zero-order valence-electron chi connectivity index (χ0n) is 12.6. The zero-order valence-corrected chi connectivity index (χ0v) is 12.6. The Kier molecular flexibility index (Phi) is 5.39. The van der Waals surface area contributed by atoms with Crippen LogP contribution in [0.2, 0.25) is 0 Å². The summed E-state index contributed by atoms with van der Waals surface area (Å²) in [4.78, 5) is 18.7. The summed E-state index contributed by atoms with van der Waals surface area (Å²) >= 11 is 0. The van der Waals surface area contributed by atoms with Gasteiger partial charge in [-0.1, -0.05) is 19.4 Å². The smallest absolute Gasteiger partial charge is 0.222 e. The molecule has 1 fully saturated rings. The minimum atomic E-state index is 0.275. The summed E-state index contributed by atoms with van der Waals surface area (Å²) < 4.78 is 0. The molecule has 4 heteroatoms. The minimum Gasteiger partial charge on any atom is -0.370 e. The van der Waals surface area contributed by atoms with Gasteiger partial charge in [-0.05, 0) is 37.8 Å². The van der Waals surface area contributed by atoms with Gasteiger partial charge in [-0.25, -0.2) is 4.98 Å². The molecule has 1 N–H and O–H groups in total. The minimum absolute atomic E-state index is 0.275. The van der Waals surface area contributed by atoms with E-state index in [2.05, 4.69) is 24.1 Å². The van der Waals surface area contributed by atoms with Crippen molar-refractivity contribution < 1.29 is 4.79 Å². The molecular weight excluding hydrogens is 250 g/mol. The average Bonchev–Trinajstić information content (AvgIpc) is 2.63. The third-order valence-electron chi connectivity index (χ3n) is 4.02. The lowest BCUT2D eigenvalue weighted by atomic mass is 9.98. The Hall–Kier alpha value is -1.58. The van der Waals surface area contributed by atoms with Crippen LogP contribution in [0.25, 0.3) is 0 Å². The fourth-order valence-corrected chi connectivity index (χ4v) is 2.71. The van der Waals surface area contributed by atoms with Crippen molar-refractivity contribution in [2.45, 2.75) is 46.1 Å². The third kappa shape index (κ3) is 3.95. The highest BCUT2D eigenvalue weighted by molar-refractivity contribution is 5.76. The molecule has 0 aromatic carbocycles. The van der Waals surface area contributed by atoms with E-state index in [1.165, 1.54) is 6.42 Å². The Balaban J connectivity index is 2.01. The Bertz CT molecular complexity index is 447. The van der Waals surface area contributed by atoms with Gasteiger partial charge in [0.1, 0.15) is 5.82 Å². The van der Waals surface area contributed by atoms with E-state index < -0.39 is 0 Å². The van der Waals surface area contributed by atoms with Crippen molar-refractivity contribution >= 4 is 11.7 Å². The summed E-state index contributed by atoms with van der Waals surface area (Å²) in [5.74, 6) is 1.86. The van der Waals surface area contributed by atoms with Crippen LogP contribution in [-0.2, 0) is 11.3 Å². The first-order valence-electron chi connectivity index (χ1n) is 7.70. The molecule has 110 valence electrons. The topological polar surface area (TPSA) is 45.2 Å². The Morgan fingerprint density at radius 1 is 1.35 bits per heavy atom. The van der Waals surface area contributed by atoms with E-state index in [-0.39, 0.29) is 5.91 Å². The van der Waals surface area contributed by atoms with Crippen molar-refractivity contribution in [3.63, 3.8) is 0 Å². The SMILES string of the molecule is CCNc1cccc(CN2CCC(CC)CCC2=O)n1. The van der Waals surface area contributed by atoms with E-state index >= 15 is 0 Å². The van der Waals surface area contributed by atoms with Crippen LogP contribution in [0.3, 0.4) is 0 Å². The van der Waals surface area contributed by atoms with Crippen LogP contribution < -0.4 is 5.32 Å². The lowest BCUT2D eigenvalue weighted by molar-refractivity contribution is -0.131. The van der Waals surface area contributed by atoms with Gasteiger partial charge in [-0.2, -0.15) is 0 Å². The van der Waals surface area contributed by atoms with Gasteiger partial charge in [0, 0.05) is 19.5 Å². The second-order valence-corrected chi connectivity index (χ2v) is 5.46. The number of rotatable bonds is 5. The van der Waals surface area contributed by atoms with Crippen LogP contribution in [0, 0.1) is 5.92 Å². The van der Waals surface area contributed by atoms with Crippen molar-refractivity contribution in [1.29, 1.82) is 0 Å². The molecule has 1 unspecified atom stereocenters. The summed E-state index contributed by atoms with van der Waals surface area (Å²) in [6, 6.07) is 5.96. The van der Waals surface area contributed by atoms with Crippen LogP contribution >= 0.6 is 0 Å². The molecule has 1 aromatic heterocycles. The second-order valence-electron chi connectivity index (χ2n) is 5.46. The summed E-state index contributed by atoms with van der Waals surface area (Å²) in [7, 11) is 0.